The number of benzene rings is 2. The van der Waals surface area contributed by atoms with Crippen molar-refractivity contribution in [3.63, 3.8) is 0 Å². The van der Waals surface area contributed by atoms with Gasteiger partial charge in [0.25, 0.3) is 0 Å². The molecule has 0 atom stereocenters. The van der Waals surface area contributed by atoms with Gasteiger partial charge >= 0.3 is 0 Å². The van der Waals surface area contributed by atoms with Crippen molar-refractivity contribution in [2.24, 2.45) is 0 Å². The molecule has 0 unspecified atom stereocenters. The van der Waals surface area contributed by atoms with Crippen molar-refractivity contribution in [1.29, 1.82) is 0 Å². The molecule has 1 N–H and O–H groups in total. The van der Waals surface area contributed by atoms with Gasteiger partial charge in [0.15, 0.2) is 0 Å². The molecule has 24 heavy (non-hydrogen) atoms. The van der Waals surface area contributed by atoms with Crippen molar-refractivity contribution < 1.29 is 0 Å². The molecule has 4 rings (SSSR count). The first-order valence-electron chi connectivity index (χ1n) is 8.27. The molecule has 1 aliphatic rings. The number of hydrogen-bond donors (Lipinski definition) is 1. The van der Waals surface area contributed by atoms with E-state index in [1.807, 2.05) is 12.3 Å². The number of aryl methyl sites for hydroxylation is 1. The second kappa shape index (κ2) is 6.32. The zero-order valence-electron chi connectivity index (χ0n) is 13.7. The Bertz CT molecular complexity index is 842. The number of anilines is 3. The van der Waals surface area contributed by atoms with E-state index >= 15 is 0 Å². The van der Waals surface area contributed by atoms with Crippen LogP contribution in [0.5, 0.6) is 0 Å². The largest absolute Gasteiger partial charge is 0.366 e. The molecule has 0 aliphatic carbocycles. The van der Waals surface area contributed by atoms with Gasteiger partial charge < -0.3 is 10.2 Å². The summed E-state index contributed by atoms with van der Waals surface area (Å²) < 4.78 is 0. The lowest BCUT2D eigenvalue weighted by Gasteiger charge is -2.17. The third-order valence-corrected chi connectivity index (χ3v) is 4.37. The second-order valence-electron chi connectivity index (χ2n) is 6.11. The number of nitrogens with zero attached hydrogens (tertiary/aromatic N) is 3. The molecule has 1 aromatic heterocycles. The lowest BCUT2D eigenvalue weighted by atomic mass is 10.1. The Labute approximate surface area is 142 Å². The predicted molar refractivity (Wildman–Crippen MR) is 97.7 cm³/mol. The van der Waals surface area contributed by atoms with E-state index in [1.165, 1.54) is 22.4 Å². The molecule has 0 spiro atoms. The zero-order chi connectivity index (χ0) is 16.4. The van der Waals surface area contributed by atoms with Crippen molar-refractivity contribution in [2.75, 3.05) is 16.8 Å². The van der Waals surface area contributed by atoms with E-state index in [4.69, 9.17) is 0 Å². The van der Waals surface area contributed by atoms with Gasteiger partial charge in [0, 0.05) is 25.0 Å². The topological polar surface area (TPSA) is 41.1 Å². The van der Waals surface area contributed by atoms with Crippen molar-refractivity contribution >= 4 is 17.5 Å². The molecule has 0 bridgehead atoms. The van der Waals surface area contributed by atoms with E-state index < -0.39 is 0 Å². The summed E-state index contributed by atoms with van der Waals surface area (Å²) >= 11 is 0. The lowest BCUT2D eigenvalue weighted by Crippen LogP contribution is -2.17. The van der Waals surface area contributed by atoms with Crippen LogP contribution in [0.2, 0.25) is 0 Å². The van der Waals surface area contributed by atoms with Gasteiger partial charge in [-0.3, -0.25) is 0 Å². The van der Waals surface area contributed by atoms with Gasteiger partial charge in [-0.25, -0.2) is 4.98 Å². The van der Waals surface area contributed by atoms with Gasteiger partial charge in [-0.1, -0.05) is 48.0 Å². The molecule has 4 nitrogen and oxygen atoms in total. The fourth-order valence-corrected chi connectivity index (χ4v) is 3.02. The minimum Gasteiger partial charge on any atom is -0.366 e. The number of nitrogens with one attached hydrogen (secondary N) is 1. The maximum atomic E-state index is 4.69. The molecule has 120 valence electrons. The average molecular weight is 316 g/mol. The minimum atomic E-state index is 0.757. The number of aromatic nitrogens is 2. The highest BCUT2D eigenvalue weighted by atomic mass is 15.3. The average Bonchev–Trinajstić information content (AvgIpc) is 3.06. The van der Waals surface area contributed by atoms with Gasteiger partial charge in [0.05, 0.1) is 0 Å². The summed E-state index contributed by atoms with van der Waals surface area (Å²) in [7, 11) is 0. The Hall–Kier alpha value is -2.88. The van der Waals surface area contributed by atoms with Crippen molar-refractivity contribution in [2.45, 2.75) is 19.9 Å². The fraction of sp³-hybridized carbons (Fsp3) is 0.200. The van der Waals surface area contributed by atoms with Gasteiger partial charge in [-0.2, -0.15) is 4.98 Å². The summed E-state index contributed by atoms with van der Waals surface area (Å²) in [4.78, 5) is 11.3. The highest BCUT2D eigenvalue weighted by molar-refractivity contribution is 5.66. The van der Waals surface area contributed by atoms with E-state index in [2.05, 4.69) is 75.6 Å². The van der Waals surface area contributed by atoms with Crippen LogP contribution in [-0.4, -0.2) is 16.5 Å². The molecular weight excluding hydrogens is 296 g/mol. The highest BCUT2D eigenvalue weighted by Gasteiger charge is 2.21. The number of rotatable bonds is 4. The van der Waals surface area contributed by atoms with Crippen LogP contribution in [0, 0.1) is 6.92 Å². The summed E-state index contributed by atoms with van der Waals surface area (Å²) in [5, 5.41) is 3.39. The molecule has 0 saturated heterocycles. The minimum absolute atomic E-state index is 0.757. The molecule has 0 saturated carbocycles. The number of fused-ring (bicyclic) bond motifs is 1. The summed E-state index contributed by atoms with van der Waals surface area (Å²) in [6, 6.07) is 18.9. The van der Waals surface area contributed by atoms with E-state index in [9.17, 15) is 0 Å². The molecule has 2 heterocycles. The lowest BCUT2D eigenvalue weighted by molar-refractivity contribution is 0.936. The van der Waals surface area contributed by atoms with Crippen LogP contribution in [-0.2, 0) is 13.0 Å². The van der Waals surface area contributed by atoms with Gasteiger partial charge in [0.1, 0.15) is 5.82 Å². The first-order valence-corrected chi connectivity index (χ1v) is 8.27. The van der Waals surface area contributed by atoms with E-state index in [1.54, 1.807) is 0 Å². The Morgan fingerprint density at radius 3 is 2.75 bits per heavy atom. The Morgan fingerprint density at radius 1 is 1.04 bits per heavy atom. The van der Waals surface area contributed by atoms with Crippen LogP contribution in [0.4, 0.5) is 17.5 Å². The van der Waals surface area contributed by atoms with E-state index in [0.29, 0.717) is 0 Å². The third-order valence-electron chi connectivity index (χ3n) is 4.37. The van der Waals surface area contributed by atoms with Gasteiger partial charge in [0.2, 0.25) is 5.95 Å². The smallest absolute Gasteiger partial charge is 0.231 e. The molecular formula is C20H20N4. The number of para-hydroxylation sites is 1. The molecule has 2 aromatic carbocycles. The maximum Gasteiger partial charge on any atom is 0.231 e. The van der Waals surface area contributed by atoms with Crippen LogP contribution in [0.25, 0.3) is 0 Å². The Balaban J connectivity index is 1.51. The van der Waals surface area contributed by atoms with Crippen LogP contribution in [0.3, 0.4) is 0 Å². The summed E-state index contributed by atoms with van der Waals surface area (Å²) in [6.45, 7) is 3.79. The van der Waals surface area contributed by atoms with E-state index in [-0.39, 0.29) is 0 Å². The molecule has 0 radical (unpaired) electrons. The van der Waals surface area contributed by atoms with Crippen molar-refractivity contribution in [3.8, 4) is 0 Å². The van der Waals surface area contributed by atoms with Crippen molar-refractivity contribution in [1.82, 2.24) is 9.97 Å². The van der Waals surface area contributed by atoms with Gasteiger partial charge in [-0.15, -0.1) is 0 Å². The molecule has 3 aromatic rings. The van der Waals surface area contributed by atoms with Crippen LogP contribution < -0.4 is 10.2 Å². The van der Waals surface area contributed by atoms with E-state index in [0.717, 1.165) is 31.3 Å². The predicted octanol–water partition coefficient (Wildman–Crippen LogP) is 4.09. The van der Waals surface area contributed by atoms with Crippen molar-refractivity contribution in [3.05, 3.63) is 77.5 Å². The highest BCUT2D eigenvalue weighted by Crippen LogP contribution is 2.32. The van der Waals surface area contributed by atoms with Crippen LogP contribution >= 0.6 is 0 Å². The third kappa shape index (κ3) is 2.95. The molecule has 4 heteroatoms. The Kier molecular flexibility index (Phi) is 3.87. The molecule has 0 amide bonds. The normalized spacial score (nSPS) is 13.0. The maximum absolute atomic E-state index is 4.69. The Morgan fingerprint density at radius 2 is 1.88 bits per heavy atom. The summed E-state index contributed by atoms with van der Waals surface area (Å²) in [5.74, 6) is 1.61. The SMILES string of the molecule is Cc1ccc(CNc2ccnc(N3CCc4ccccc43)n2)cc1. The van der Waals surface area contributed by atoms with Crippen LogP contribution in [0.1, 0.15) is 16.7 Å². The molecule has 1 aliphatic heterocycles. The summed E-state index contributed by atoms with van der Waals surface area (Å²) in [5.41, 5.74) is 5.09. The quantitative estimate of drug-likeness (QED) is 0.787. The van der Waals surface area contributed by atoms with Crippen LogP contribution in [0.15, 0.2) is 60.8 Å². The molecule has 0 fully saturated rings. The first-order chi connectivity index (χ1) is 11.8. The second-order valence-corrected chi connectivity index (χ2v) is 6.11. The van der Waals surface area contributed by atoms with Gasteiger partial charge in [-0.05, 0) is 36.6 Å². The zero-order valence-corrected chi connectivity index (χ0v) is 13.7. The number of hydrogen-bond acceptors (Lipinski definition) is 4. The monoisotopic (exact) mass is 316 g/mol. The summed E-state index contributed by atoms with van der Waals surface area (Å²) in [6.07, 6.45) is 2.86. The standard InChI is InChI=1S/C20H20N4/c1-15-6-8-16(9-7-15)14-22-19-10-12-21-20(23-19)24-13-11-17-4-2-3-5-18(17)24/h2-10,12H,11,13-14H2,1H3,(H,21,22,23). The fourth-order valence-electron chi connectivity index (χ4n) is 3.02. The first kappa shape index (κ1) is 14.7.